The van der Waals surface area contributed by atoms with Crippen LogP contribution in [-0.2, 0) is 14.3 Å². The lowest BCUT2D eigenvalue weighted by atomic mass is 10.1. The lowest BCUT2D eigenvalue weighted by Crippen LogP contribution is -2.37. The van der Waals surface area contributed by atoms with Gasteiger partial charge in [0, 0.05) is 6.92 Å². The average Bonchev–Trinajstić information content (AvgIpc) is 2.66. The average molecular weight is 365 g/mol. The predicted molar refractivity (Wildman–Crippen MR) is 100 cm³/mol. The Balaban J connectivity index is 2.22. The first-order valence-electron chi connectivity index (χ1n) is 8.31. The Labute approximate surface area is 157 Å². The summed E-state index contributed by atoms with van der Waals surface area (Å²) < 4.78 is 4.98. The summed E-state index contributed by atoms with van der Waals surface area (Å²) in [6, 6.07) is 15.0. The van der Waals surface area contributed by atoms with E-state index < -0.39 is 11.9 Å². The monoisotopic (exact) mass is 365 g/mol. The number of nitriles is 1. The Morgan fingerprint density at radius 1 is 1.11 bits per heavy atom. The van der Waals surface area contributed by atoms with E-state index in [-0.39, 0.29) is 35.9 Å². The van der Waals surface area contributed by atoms with Crippen molar-refractivity contribution in [2.24, 2.45) is 0 Å². The fraction of sp³-hybridized carbons (Fsp3) is 0.200. The van der Waals surface area contributed by atoms with Crippen molar-refractivity contribution >= 4 is 29.2 Å². The van der Waals surface area contributed by atoms with Crippen molar-refractivity contribution in [2.75, 3.05) is 23.4 Å². The molecule has 0 aromatic heterocycles. The number of anilines is 2. The van der Waals surface area contributed by atoms with E-state index in [0.29, 0.717) is 5.69 Å². The zero-order valence-electron chi connectivity index (χ0n) is 15.1. The Bertz CT molecular complexity index is 902. The van der Waals surface area contributed by atoms with Gasteiger partial charge in [0.15, 0.2) is 0 Å². The Hall–Kier alpha value is -3.66. The SMILES string of the molecule is CCOC(=O)c1ccccc1NC(=O)CN(C(C)=O)c1ccccc1C#N. The summed E-state index contributed by atoms with van der Waals surface area (Å²) in [7, 11) is 0. The van der Waals surface area contributed by atoms with Crippen LogP contribution >= 0.6 is 0 Å². The fourth-order valence-corrected chi connectivity index (χ4v) is 2.48. The first-order chi connectivity index (χ1) is 13.0. The normalized spacial score (nSPS) is 9.81. The molecule has 2 amide bonds. The van der Waals surface area contributed by atoms with Crippen molar-refractivity contribution < 1.29 is 19.1 Å². The minimum atomic E-state index is -0.549. The molecule has 1 N–H and O–H groups in total. The van der Waals surface area contributed by atoms with E-state index >= 15 is 0 Å². The van der Waals surface area contributed by atoms with Crippen molar-refractivity contribution in [3.8, 4) is 6.07 Å². The predicted octanol–water partition coefficient (Wildman–Crippen LogP) is 2.73. The summed E-state index contributed by atoms with van der Waals surface area (Å²) in [5, 5.41) is 11.9. The highest BCUT2D eigenvalue weighted by Gasteiger charge is 2.20. The third kappa shape index (κ3) is 4.92. The Kier molecular flexibility index (Phi) is 6.67. The van der Waals surface area contributed by atoms with Crippen LogP contribution in [0, 0.1) is 11.3 Å². The largest absolute Gasteiger partial charge is 0.462 e. The molecule has 0 saturated heterocycles. The second-order valence-electron chi connectivity index (χ2n) is 5.55. The van der Waals surface area contributed by atoms with Crippen LogP contribution in [0.3, 0.4) is 0 Å². The van der Waals surface area contributed by atoms with Gasteiger partial charge < -0.3 is 15.0 Å². The Morgan fingerprint density at radius 3 is 2.44 bits per heavy atom. The number of hydrogen-bond donors (Lipinski definition) is 1. The second kappa shape index (κ2) is 9.15. The maximum Gasteiger partial charge on any atom is 0.340 e. The number of ether oxygens (including phenoxy) is 1. The van der Waals surface area contributed by atoms with Crippen LogP contribution in [0.1, 0.15) is 29.8 Å². The number of para-hydroxylation sites is 2. The van der Waals surface area contributed by atoms with Gasteiger partial charge in [-0.1, -0.05) is 24.3 Å². The minimum Gasteiger partial charge on any atom is -0.462 e. The number of carbonyl (C=O) groups is 3. The molecule has 0 heterocycles. The van der Waals surface area contributed by atoms with Gasteiger partial charge in [-0.2, -0.15) is 5.26 Å². The summed E-state index contributed by atoms with van der Waals surface area (Å²) in [6.45, 7) is 2.92. The molecule has 0 radical (unpaired) electrons. The van der Waals surface area contributed by atoms with E-state index in [0.717, 1.165) is 0 Å². The van der Waals surface area contributed by atoms with Crippen LogP contribution in [0.15, 0.2) is 48.5 Å². The van der Waals surface area contributed by atoms with Gasteiger partial charge in [-0.3, -0.25) is 9.59 Å². The quantitative estimate of drug-likeness (QED) is 0.794. The van der Waals surface area contributed by atoms with Crippen molar-refractivity contribution in [3.05, 3.63) is 59.7 Å². The third-order valence-corrected chi connectivity index (χ3v) is 3.69. The number of nitrogens with one attached hydrogen (secondary N) is 1. The molecule has 0 atom stereocenters. The number of esters is 1. The fourth-order valence-electron chi connectivity index (χ4n) is 2.48. The molecule has 0 spiro atoms. The second-order valence-corrected chi connectivity index (χ2v) is 5.55. The van der Waals surface area contributed by atoms with Crippen LogP contribution in [0.2, 0.25) is 0 Å². The van der Waals surface area contributed by atoms with Crippen molar-refractivity contribution in [1.29, 1.82) is 5.26 Å². The molecular weight excluding hydrogens is 346 g/mol. The van der Waals surface area contributed by atoms with Gasteiger partial charge in [0.2, 0.25) is 11.8 Å². The van der Waals surface area contributed by atoms with E-state index in [4.69, 9.17) is 4.74 Å². The smallest absolute Gasteiger partial charge is 0.340 e. The third-order valence-electron chi connectivity index (χ3n) is 3.69. The zero-order chi connectivity index (χ0) is 19.8. The molecule has 0 bridgehead atoms. The molecule has 0 aliphatic carbocycles. The maximum atomic E-state index is 12.5. The number of benzene rings is 2. The maximum absolute atomic E-state index is 12.5. The molecule has 138 valence electrons. The standard InChI is InChI=1S/C20H19N3O4/c1-3-27-20(26)16-9-5-6-10-17(16)22-19(25)13-23(14(2)24)18-11-7-4-8-15(18)12-21/h4-11H,3,13H2,1-2H3,(H,22,25). The lowest BCUT2D eigenvalue weighted by Gasteiger charge is -2.22. The number of hydrogen-bond acceptors (Lipinski definition) is 5. The minimum absolute atomic E-state index is 0.212. The van der Waals surface area contributed by atoms with Gasteiger partial charge >= 0.3 is 5.97 Å². The van der Waals surface area contributed by atoms with Gasteiger partial charge in [-0.05, 0) is 31.2 Å². The first kappa shape index (κ1) is 19.7. The molecular formula is C20H19N3O4. The molecule has 7 heteroatoms. The molecule has 0 saturated carbocycles. The van der Waals surface area contributed by atoms with Crippen LogP contribution < -0.4 is 10.2 Å². The van der Waals surface area contributed by atoms with Gasteiger partial charge in [0.05, 0.1) is 29.1 Å². The van der Waals surface area contributed by atoms with Gasteiger partial charge in [-0.25, -0.2) is 4.79 Å². The highest BCUT2D eigenvalue weighted by atomic mass is 16.5. The highest BCUT2D eigenvalue weighted by Crippen LogP contribution is 2.21. The number of nitrogens with zero attached hydrogens (tertiary/aromatic N) is 2. The van der Waals surface area contributed by atoms with E-state index in [1.165, 1.54) is 11.8 Å². The van der Waals surface area contributed by atoms with Crippen molar-refractivity contribution in [1.82, 2.24) is 0 Å². The molecule has 0 aliphatic heterocycles. The Morgan fingerprint density at radius 2 is 1.78 bits per heavy atom. The topological polar surface area (TPSA) is 99.5 Å². The van der Waals surface area contributed by atoms with Crippen molar-refractivity contribution in [2.45, 2.75) is 13.8 Å². The molecule has 2 rings (SSSR count). The van der Waals surface area contributed by atoms with E-state index in [2.05, 4.69) is 5.32 Å². The van der Waals surface area contributed by atoms with Crippen LogP contribution in [-0.4, -0.2) is 30.9 Å². The number of amides is 2. The van der Waals surface area contributed by atoms with E-state index in [9.17, 15) is 19.6 Å². The van der Waals surface area contributed by atoms with Crippen molar-refractivity contribution in [3.63, 3.8) is 0 Å². The summed E-state index contributed by atoms with van der Waals surface area (Å²) in [6.07, 6.45) is 0. The summed E-state index contributed by atoms with van der Waals surface area (Å²) in [4.78, 5) is 37.7. The summed E-state index contributed by atoms with van der Waals surface area (Å²) >= 11 is 0. The molecule has 0 aliphatic rings. The molecule has 0 unspecified atom stereocenters. The van der Waals surface area contributed by atoms with Gasteiger partial charge in [0.1, 0.15) is 12.6 Å². The van der Waals surface area contributed by atoms with Gasteiger partial charge in [0.25, 0.3) is 0 Å². The zero-order valence-corrected chi connectivity index (χ0v) is 15.1. The number of rotatable bonds is 6. The molecule has 0 fully saturated rings. The number of carbonyl (C=O) groups excluding carboxylic acids is 3. The van der Waals surface area contributed by atoms with Crippen LogP contribution in [0.4, 0.5) is 11.4 Å². The summed E-state index contributed by atoms with van der Waals surface area (Å²) in [5.74, 6) is -1.44. The molecule has 2 aromatic rings. The van der Waals surface area contributed by atoms with E-state index in [1.54, 1.807) is 55.5 Å². The van der Waals surface area contributed by atoms with Crippen LogP contribution in [0.5, 0.6) is 0 Å². The molecule has 27 heavy (non-hydrogen) atoms. The van der Waals surface area contributed by atoms with Crippen LogP contribution in [0.25, 0.3) is 0 Å². The molecule has 2 aromatic carbocycles. The summed E-state index contributed by atoms with van der Waals surface area (Å²) in [5.41, 5.74) is 1.14. The van der Waals surface area contributed by atoms with Gasteiger partial charge in [-0.15, -0.1) is 0 Å². The lowest BCUT2D eigenvalue weighted by molar-refractivity contribution is -0.120. The highest BCUT2D eigenvalue weighted by molar-refractivity contribution is 6.05. The first-order valence-corrected chi connectivity index (χ1v) is 8.31. The van der Waals surface area contributed by atoms with E-state index in [1.807, 2.05) is 6.07 Å². The molecule has 7 nitrogen and oxygen atoms in total.